The predicted molar refractivity (Wildman–Crippen MR) is 138 cm³/mol. The van der Waals surface area contributed by atoms with Crippen LogP contribution in [0.3, 0.4) is 0 Å². The van der Waals surface area contributed by atoms with E-state index in [1.165, 1.54) is 17.8 Å². The first-order valence-corrected chi connectivity index (χ1v) is 12.7. The van der Waals surface area contributed by atoms with Crippen LogP contribution in [0.1, 0.15) is 34.6 Å². The number of nitro groups is 1. The summed E-state index contributed by atoms with van der Waals surface area (Å²) in [5.74, 6) is -0.302. The van der Waals surface area contributed by atoms with E-state index in [0.717, 1.165) is 27.8 Å². The van der Waals surface area contributed by atoms with Gasteiger partial charge >= 0.3 is 12.1 Å². The van der Waals surface area contributed by atoms with E-state index in [4.69, 9.17) is 4.74 Å². The molecule has 3 aromatic carbocycles. The van der Waals surface area contributed by atoms with E-state index >= 15 is 0 Å². The van der Waals surface area contributed by atoms with Gasteiger partial charge in [0.2, 0.25) is 0 Å². The Morgan fingerprint density at radius 2 is 1.69 bits per heavy atom. The predicted octanol–water partition coefficient (Wildman–Crippen LogP) is 5.52. The number of carboxylic acid groups (broad SMARTS) is 1. The van der Waals surface area contributed by atoms with E-state index in [9.17, 15) is 24.8 Å². The number of nitrogens with one attached hydrogen (secondary N) is 1. The maximum absolute atomic E-state index is 12.5. The molecule has 1 unspecified atom stereocenters. The van der Waals surface area contributed by atoms with Crippen LogP contribution >= 0.6 is 11.8 Å². The third kappa shape index (κ3) is 5.52. The van der Waals surface area contributed by atoms with Gasteiger partial charge in [-0.1, -0.05) is 60.7 Å². The first-order chi connectivity index (χ1) is 17.4. The topological polar surface area (TPSA) is 119 Å². The molecule has 1 atom stereocenters. The summed E-state index contributed by atoms with van der Waals surface area (Å²) in [6, 6.07) is 19.8. The second-order valence-electron chi connectivity index (χ2n) is 8.52. The van der Waals surface area contributed by atoms with Gasteiger partial charge in [0.1, 0.15) is 12.6 Å². The number of rotatable bonds is 10. The zero-order valence-electron chi connectivity index (χ0n) is 19.7. The van der Waals surface area contributed by atoms with E-state index in [0.29, 0.717) is 17.1 Å². The number of carbonyl (C=O) groups is 2. The lowest BCUT2D eigenvalue weighted by atomic mass is 9.98. The Labute approximate surface area is 212 Å². The summed E-state index contributed by atoms with van der Waals surface area (Å²) in [6.45, 7) is 1.81. The van der Waals surface area contributed by atoms with Crippen molar-refractivity contribution in [2.24, 2.45) is 0 Å². The first-order valence-electron chi connectivity index (χ1n) is 11.5. The van der Waals surface area contributed by atoms with Crippen molar-refractivity contribution in [3.05, 3.63) is 99.1 Å². The smallest absolute Gasteiger partial charge is 0.407 e. The molecule has 0 saturated heterocycles. The zero-order chi connectivity index (χ0) is 25.7. The molecule has 0 spiro atoms. The largest absolute Gasteiger partial charge is 0.480 e. The van der Waals surface area contributed by atoms with Crippen molar-refractivity contribution in [1.29, 1.82) is 0 Å². The Morgan fingerprint density at radius 1 is 1.06 bits per heavy atom. The molecule has 1 amide bonds. The van der Waals surface area contributed by atoms with Gasteiger partial charge in [-0.25, -0.2) is 9.59 Å². The second-order valence-corrected chi connectivity index (χ2v) is 9.63. The molecule has 9 heteroatoms. The quantitative estimate of drug-likeness (QED) is 0.211. The van der Waals surface area contributed by atoms with Gasteiger partial charge in [-0.15, -0.1) is 0 Å². The van der Waals surface area contributed by atoms with Crippen LogP contribution in [0.4, 0.5) is 10.5 Å². The highest BCUT2D eigenvalue weighted by molar-refractivity contribution is 7.98. The summed E-state index contributed by atoms with van der Waals surface area (Å²) in [6.07, 6.45) is -0.582. The van der Waals surface area contributed by atoms with E-state index < -0.39 is 23.0 Å². The van der Waals surface area contributed by atoms with Crippen molar-refractivity contribution in [3.8, 4) is 11.1 Å². The van der Waals surface area contributed by atoms with Crippen LogP contribution < -0.4 is 5.32 Å². The fourth-order valence-corrected chi connectivity index (χ4v) is 5.53. The van der Waals surface area contributed by atoms with Gasteiger partial charge in [-0.3, -0.25) is 10.1 Å². The lowest BCUT2D eigenvalue weighted by Crippen LogP contribution is -2.41. The van der Waals surface area contributed by atoms with E-state index in [1.807, 2.05) is 54.6 Å². The number of hydrogen-bond donors (Lipinski definition) is 2. The van der Waals surface area contributed by atoms with Crippen LogP contribution in [0.5, 0.6) is 0 Å². The Kier molecular flexibility index (Phi) is 7.90. The van der Waals surface area contributed by atoms with Gasteiger partial charge in [-0.2, -0.15) is 11.8 Å². The number of nitrogens with zero attached hydrogens (tertiary/aromatic N) is 1. The molecule has 3 aromatic rings. The second kappa shape index (κ2) is 11.3. The highest BCUT2D eigenvalue weighted by Crippen LogP contribution is 2.44. The fraction of sp³-hybridized carbons (Fsp3) is 0.259. The minimum atomic E-state index is -1.14. The first kappa shape index (κ1) is 25.2. The van der Waals surface area contributed by atoms with Crippen LogP contribution in [0.15, 0.2) is 66.7 Å². The van der Waals surface area contributed by atoms with Crippen LogP contribution in [0, 0.1) is 17.0 Å². The molecule has 1 aliphatic carbocycles. The number of alkyl carbamates (subject to hydrolysis) is 1. The van der Waals surface area contributed by atoms with Gasteiger partial charge in [0.15, 0.2) is 0 Å². The average Bonchev–Trinajstić information content (AvgIpc) is 3.19. The lowest BCUT2D eigenvalue weighted by Gasteiger charge is -2.17. The summed E-state index contributed by atoms with van der Waals surface area (Å²) >= 11 is 1.45. The molecule has 2 N–H and O–H groups in total. The normalized spacial score (nSPS) is 12.9. The Hall–Kier alpha value is -3.85. The van der Waals surface area contributed by atoms with Crippen LogP contribution in [0.2, 0.25) is 0 Å². The molecule has 1 aliphatic rings. The lowest BCUT2D eigenvalue weighted by molar-refractivity contribution is -0.385. The fourth-order valence-electron chi connectivity index (χ4n) is 4.45. The van der Waals surface area contributed by atoms with Gasteiger partial charge in [0.25, 0.3) is 5.69 Å². The van der Waals surface area contributed by atoms with Crippen molar-refractivity contribution in [2.75, 3.05) is 12.4 Å². The van der Waals surface area contributed by atoms with E-state index in [1.54, 1.807) is 13.0 Å². The zero-order valence-corrected chi connectivity index (χ0v) is 20.5. The molecule has 0 aliphatic heterocycles. The van der Waals surface area contributed by atoms with Crippen molar-refractivity contribution in [3.63, 3.8) is 0 Å². The number of benzene rings is 3. The van der Waals surface area contributed by atoms with E-state index in [2.05, 4.69) is 5.32 Å². The van der Waals surface area contributed by atoms with Crippen LogP contribution in [-0.2, 0) is 15.3 Å². The Bertz CT molecular complexity index is 1250. The van der Waals surface area contributed by atoms with Crippen molar-refractivity contribution < 1.29 is 24.4 Å². The summed E-state index contributed by atoms with van der Waals surface area (Å²) in [5, 5.41) is 23.1. The van der Waals surface area contributed by atoms with Crippen LogP contribution in [0.25, 0.3) is 11.1 Å². The number of hydrogen-bond acceptors (Lipinski definition) is 6. The number of thioether (sulfide) groups is 1. The van der Waals surface area contributed by atoms with Crippen molar-refractivity contribution >= 4 is 29.5 Å². The molecule has 0 fully saturated rings. The maximum atomic E-state index is 12.5. The molecule has 0 heterocycles. The highest BCUT2D eigenvalue weighted by atomic mass is 32.2. The number of aliphatic carboxylic acids is 1. The molecule has 0 saturated carbocycles. The number of amides is 1. The molecule has 36 heavy (non-hydrogen) atoms. The summed E-state index contributed by atoms with van der Waals surface area (Å²) in [7, 11) is 0. The standard InChI is InChI=1S/C27H26N2O6S/c1-17-18(7-6-12-25(17)29(33)34)16-36-14-13-24(26(30)31)28-27(32)35-15-23-21-10-4-2-8-19(21)20-9-3-5-11-22(20)23/h2-12,23-24H,13-16H2,1H3,(H,28,32)(H,30,31). The number of fused-ring (bicyclic) bond motifs is 3. The molecule has 186 valence electrons. The summed E-state index contributed by atoms with van der Waals surface area (Å²) < 4.78 is 5.46. The van der Waals surface area contributed by atoms with Gasteiger partial charge in [0, 0.05) is 23.3 Å². The molecular formula is C27H26N2O6S. The Balaban J connectivity index is 1.30. The minimum Gasteiger partial charge on any atom is -0.480 e. The molecular weight excluding hydrogens is 480 g/mol. The number of carbonyl (C=O) groups excluding carboxylic acids is 1. The van der Waals surface area contributed by atoms with Gasteiger partial charge in [0.05, 0.1) is 4.92 Å². The summed E-state index contributed by atoms with van der Waals surface area (Å²) in [4.78, 5) is 34.9. The van der Waals surface area contributed by atoms with Crippen LogP contribution in [-0.4, -0.2) is 40.5 Å². The molecule has 8 nitrogen and oxygen atoms in total. The summed E-state index contributed by atoms with van der Waals surface area (Å²) in [5.41, 5.74) is 5.87. The monoisotopic (exact) mass is 506 g/mol. The molecule has 0 bridgehead atoms. The van der Waals surface area contributed by atoms with Crippen molar-refractivity contribution in [2.45, 2.75) is 31.1 Å². The SMILES string of the molecule is Cc1c(CSCCC(NC(=O)OCC2c3ccccc3-c3ccccc32)C(=O)O)cccc1[N+](=O)[O-]. The van der Waals surface area contributed by atoms with Gasteiger partial charge in [-0.05, 0) is 46.9 Å². The average molecular weight is 507 g/mol. The number of carboxylic acids is 1. The molecule has 0 aromatic heterocycles. The van der Waals surface area contributed by atoms with Crippen molar-refractivity contribution in [1.82, 2.24) is 5.32 Å². The molecule has 4 rings (SSSR count). The maximum Gasteiger partial charge on any atom is 0.407 e. The Morgan fingerprint density at radius 3 is 2.31 bits per heavy atom. The number of ether oxygens (including phenoxy) is 1. The molecule has 0 radical (unpaired) electrons. The highest BCUT2D eigenvalue weighted by Gasteiger charge is 2.29. The minimum absolute atomic E-state index is 0.0634. The third-order valence-corrected chi connectivity index (χ3v) is 7.40. The number of nitro benzene ring substituents is 1. The third-order valence-electron chi connectivity index (χ3n) is 6.36. The van der Waals surface area contributed by atoms with E-state index in [-0.39, 0.29) is 24.6 Å². The van der Waals surface area contributed by atoms with Gasteiger partial charge < -0.3 is 15.2 Å².